The van der Waals surface area contributed by atoms with Crippen molar-refractivity contribution in [2.24, 2.45) is 0 Å². The van der Waals surface area contributed by atoms with Crippen LogP contribution in [-0.4, -0.2) is 54.5 Å². The van der Waals surface area contributed by atoms with Gasteiger partial charge in [-0.05, 0) is 52.4 Å². The van der Waals surface area contributed by atoms with E-state index in [0.29, 0.717) is 18.7 Å². The van der Waals surface area contributed by atoms with E-state index in [2.05, 4.69) is 39.6 Å². The molecule has 1 fully saturated rings. The van der Waals surface area contributed by atoms with Gasteiger partial charge in [0, 0.05) is 36.3 Å². The maximum Gasteiger partial charge on any atom is 0.338 e. The Bertz CT molecular complexity index is 741. The van der Waals surface area contributed by atoms with Crippen molar-refractivity contribution < 1.29 is 14.3 Å². The number of rotatable bonds is 5. The van der Waals surface area contributed by atoms with Crippen molar-refractivity contribution in [3.63, 3.8) is 0 Å². The number of carbonyl (C=O) groups excluding carboxylic acids is 2. The van der Waals surface area contributed by atoms with Crippen LogP contribution in [-0.2, 0) is 16.1 Å². The molecule has 0 radical (unpaired) electrons. The van der Waals surface area contributed by atoms with Crippen LogP contribution in [0.3, 0.4) is 0 Å². The monoisotopic (exact) mass is 464 g/mol. The number of hydrogen-bond donors (Lipinski definition) is 0. The fourth-order valence-corrected chi connectivity index (χ4v) is 3.24. The van der Waals surface area contributed by atoms with Crippen molar-refractivity contribution in [3.05, 3.63) is 69.3 Å². The lowest BCUT2D eigenvalue weighted by Gasteiger charge is -2.34. The molecule has 26 heavy (non-hydrogen) atoms. The number of esters is 1. The van der Waals surface area contributed by atoms with E-state index in [1.807, 2.05) is 30.3 Å². The maximum atomic E-state index is 12.3. The normalized spacial score (nSPS) is 14.9. The molecule has 0 unspecified atom stereocenters. The van der Waals surface area contributed by atoms with E-state index in [9.17, 15) is 9.59 Å². The first kappa shape index (κ1) is 18.8. The summed E-state index contributed by atoms with van der Waals surface area (Å²) in [7, 11) is 0. The minimum absolute atomic E-state index is 0.136. The average Bonchev–Trinajstić information content (AvgIpc) is 2.68. The largest absolute Gasteiger partial charge is 0.452 e. The Morgan fingerprint density at radius 2 is 1.58 bits per heavy atom. The van der Waals surface area contributed by atoms with Crippen molar-refractivity contribution in [2.75, 3.05) is 32.8 Å². The zero-order chi connectivity index (χ0) is 18.4. The summed E-state index contributed by atoms with van der Waals surface area (Å²) < 4.78 is 6.20. The van der Waals surface area contributed by atoms with Crippen LogP contribution in [0.25, 0.3) is 0 Å². The number of halogens is 1. The molecule has 0 N–H and O–H groups in total. The number of amides is 1. The summed E-state index contributed by atoms with van der Waals surface area (Å²) in [6.45, 7) is 3.66. The molecule has 2 aromatic rings. The van der Waals surface area contributed by atoms with Crippen LogP contribution in [0.4, 0.5) is 0 Å². The molecule has 0 aromatic heterocycles. The summed E-state index contributed by atoms with van der Waals surface area (Å²) >= 11 is 2.17. The SMILES string of the molecule is O=C(OCC(=O)N1CCN(Cc2ccccc2)CC1)c1ccc(I)cc1. The molecule has 0 saturated carbocycles. The number of nitrogens with zero attached hydrogens (tertiary/aromatic N) is 2. The van der Waals surface area contributed by atoms with Crippen molar-refractivity contribution in [2.45, 2.75) is 6.54 Å². The summed E-state index contributed by atoms with van der Waals surface area (Å²) in [4.78, 5) is 28.4. The van der Waals surface area contributed by atoms with Gasteiger partial charge in [-0.3, -0.25) is 9.69 Å². The fraction of sp³-hybridized carbons (Fsp3) is 0.300. The molecule has 0 atom stereocenters. The second-order valence-corrected chi connectivity index (χ2v) is 7.47. The van der Waals surface area contributed by atoms with Gasteiger partial charge < -0.3 is 9.64 Å². The van der Waals surface area contributed by atoms with Gasteiger partial charge in [-0.25, -0.2) is 4.79 Å². The molecule has 1 amide bonds. The number of hydrogen-bond acceptors (Lipinski definition) is 4. The highest BCUT2D eigenvalue weighted by molar-refractivity contribution is 14.1. The van der Waals surface area contributed by atoms with E-state index in [-0.39, 0.29) is 12.5 Å². The quantitative estimate of drug-likeness (QED) is 0.505. The molecular formula is C20H21IN2O3. The topological polar surface area (TPSA) is 49.9 Å². The lowest BCUT2D eigenvalue weighted by Crippen LogP contribution is -2.49. The highest BCUT2D eigenvalue weighted by Crippen LogP contribution is 2.10. The Kier molecular flexibility index (Phi) is 6.62. The first-order chi connectivity index (χ1) is 12.6. The van der Waals surface area contributed by atoms with Crippen LogP contribution >= 0.6 is 22.6 Å². The highest BCUT2D eigenvalue weighted by Gasteiger charge is 2.22. The smallest absolute Gasteiger partial charge is 0.338 e. The van der Waals surface area contributed by atoms with Gasteiger partial charge in [-0.15, -0.1) is 0 Å². The number of benzene rings is 2. The number of piperazine rings is 1. The average molecular weight is 464 g/mol. The van der Waals surface area contributed by atoms with Crippen molar-refractivity contribution in [1.82, 2.24) is 9.80 Å². The zero-order valence-corrected chi connectivity index (χ0v) is 16.6. The molecule has 3 rings (SSSR count). The second kappa shape index (κ2) is 9.14. The van der Waals surface area contributed by atoms with Gasteiger partial charge in [0.05, 0.1) is 5.56 Å². The highest BCUT2D eigenvalue weighted by atomic mass is 127. The summed E-state index contributed by atoms with van der Waals surface area (Å²) in [5, 5.41) is 0. The number of ether oxygens (including phenoxy) is 1. The van der Waals surface area contributed by atoms with Crippen LogP contribution in [0.1, 0.15) is 15.9 Å². The van der Waals surface area contributed by atoms with Crippen molar-refractivity contribution in [1.29, 1.82) is 0 Å². The van der Waals surface area contributed by atoms with Gasteiger partial charge in [0.15, 0.2) is 6.61 Å². The van der Waals surface area contributed by atoms with E-state index in [1.165, 1.54) is 5.56 Å². The van der Waals surface area contributed by atoms with Crippen molar-refractivity contribution in [3.8, 4) is 0 Å². The molecule has 6 heteroatoms. The molecule has 0 spiro atoms. The Labute approximate surface area is 167 Å². The molecule has 1 aliphatic heterocycles. The summed E-state index contributed by atoms with van der Waals surface area (Å²) in [6.07, 6.45) is 0. The molecule has 2 aromatic carbocycles. The summed E-state index contributed by atoms with van der Waals surface area (Å²) in [6, 6.07) is 17.4. The zero-order valence-electron chi connectivity index (χ0n) is 14.4. The first-order valence-corrected chi connectivity index (χ1v) is 9.66. The van der Waals surface area contributed by atoms with E-state index >= 15 is 0 Å². The van der Waals surface area contributed by atoms with Crippen LogP contribution in [0.15, 0.2) is 54.6 Å². The van der Waals surface area contributed by atoms with Crippen molar-refractivity contribution >= 4 is 34.5 Å². The van der Waals surface area contributed by atoms with Gasteiger partial charge in [0.2, 0.25) is 0 Å². The van der Waals surface area contributed by atoms with Gasteiger partial charge in [0.25, 0.3) is 5.91 Å². The standard InChI is InChI=1S/C20H21IN2O3/c21-18-8-6-17(7-9-18)20(25)26-15-19(24)23-12-10-22(11-13-23)14-16-4-2-1-3-5-16/h1-9H,10-15H2. The molecule has 136 valence electrons. The van der Waals surface area contributed by atoms with Crippen LogP contribution in [0.5, 0.6) is 0 Å². The minimum atomic E-state index is -0.461. The van der Waals surface area contributed by atoms with Crippen LogP contribution in [0, 0.1) is 3.57 Å². The molecule has 0 aliphatic carbocycles. The third kappa shape index (κ3) is 5.28. The van der Waals surface area contributed by atoms with Crippen LogP contribution < -0.4 is 0 Å². The van der Waals surface area contributed by atoms with Gasteiger partial charge in [-0.2, -0.15) is 0 Å². The molecule has 1 aliphatic rings. The predicted molar refractivity (Wildman–Crippen MR) is 108 cm³/mol. The van der Waals surface area contributed by atoms with Gasteiger partial charge >= 0.3 is 5.97 Å². The Morgan fingerprint density at radius 1 is 0.923 bits per heavy atom. The fourth-order valence-electron chi connectivity index (χ4n) is 2.88. The van der Waals surface area contributed by atoms with Gasteiger partial charge in [-0.1, -0.05) is 30.3 Å². The molecule has 1 heterocycles. The first-order valence-electron chi connectivity index (χ1n) is 8.58. The molecule has 0 bridgehead atoms. The Morgan fingerprint density at radius 3 is 2.23 bits per heavy atom. The van der Waals surface area contributed by atoms with E-state index < -0.39 is 5.97 Å². The van der Waals surface area contributed by atoms with Crippen LogP contribution in [0.2, 0.25) is 0 Å². The molecule has 5 nitrogen and oxygen atoms in total. The van der Waals surface area contributed by atoms with Gasteiger partial charge in [0.1, 0.15) is 0 Å². The van der Waals surface area contributed by atoms with E-state index in [0.717, 1.165) is 23.2 Å². The third-order valence-corrected chi connectivity index (χ3v) is 5.10. The predicted octanol–water partition coefficient (Wildman–Crippen LogP) is 2.79. The lowest BCUT2D eigenvalue weighted by atomic mass is 10.2. The molecule has 1 saturated heterocycles. The van der Waals surface area contributed by atoms with E-state index in [4.69, 9.17) is 4.74 Å². The lowest BCUT2D eigenvalue weighted by molar-refractivity contribution is -0.136. The molecular weight excluding hydrogens is 443 g/mol. The second-order valence-electron chi connectivity index (χ2n) is 6.23. The summed E-state index contributed by atoms with van der Waals surface area (Å²) in [5.74, 6) is -0.597. The minimum Gasteiger partial charge on any atom is -0.452 e. The summed E-state index contributed by atoms with van der Waals surface area (Å²) in [5.41, 5.74) is 1.74. The number of carbonyl (C=O) groups is 2. The Balaban J connectivity index is 1.42. The third-order valence-electron chi connectivity index (χ3n) is 4.38. The maximum absolute atomic E-state index is 12.3. The Hall–Kier alpha value is -1.93. The van der Waals surface area contributed by atoms with E-state index in [1.54, 1.807) is 17.0 Å².